The van der Waals surface area contributed by atoms with Crippen LogP contribution in [0.3, 0.4) is 0 Å². The number of hydrogen-bond donors (Lipinski definition) is 2. The van der Waals surface area contributed by atoms with Gasteiger partial charge in [-0.1, -0.05) is 59.8 Å². The third-order valence-electron chi connectivity index (χ3n) is 4.91. The van der Waals surface area contributed by atoms with Crippen molar-refractivity contribution in [2.75, 3.05) is 5.32 Å². The van der Waals surface area contributed by atoms with Crippen molar-refractivity contribution < 1.29 is 13.6 Å². The van der Waals surface area contributed by atoms with Crippen LogP contribution in [0.25, 0.3) is 5.69 Å². The summed E-state index contributed by atoms with van der Waals surface area (Å²) in [6.45, 7) is 1.99. The molecule has 0 saturated carbocycles. The van der Waals surface area contributed by atoms with Crippen LogP contribution in [0.1, 0.15) is 17.0 Å². The van der Waals surface area contributed by atoms with E-state index in [1.54, 1.807) is 6.07 Å². The van der Waals surface area contributed by atoms with Gasteiger partial charge in [-0.15, -0.1) is 10.2 Å². The van der Waals surface area contributed by atoms with E-state index in [-0.39, 0.29) is 12.2 Å². The molecule has 4 aromatic rings. The van der Waals surface area contributed by atoms with Gasteiger partial charge in [-0.25, -0.2) is 13.6 Å². The van der Waals surface area contributed by atoms with Crippen LogP contribution in [0.15, 0.2) is 71.9 Å². The van der Waals surface area contributed by atoms with Gasteiger partial charge in [-0.3, -0.25) is 4.57 Å². The summed E-state index contributed by atoms with van der Waals surface area (Å²) in [6, 6.07) is 18.0. The minimum atomic E-state index is -1.05. The van der Waals surface area contributed by atoms with E-state index in [2.05, 4.69) is 20.8 Å². The van der Waals surface area contributed by atoms with E-state index < -0.39 is 17.7 Å². The lowest BCUT2D eigenvalue weighted by molar-refractivity contribution is 0.251. The number of hydrogen-bond acceptors (Lipinski definition) is 4. The SMILES string of the molecule is Cc1ccc(Cl)cc1-n1c(CNC(=O)Nc2ccc(F)c(F)c2)nnc1SCc1ccccc1. The van der Waals surface area contributed by atoms with Crippen molar-refractivity contribution in [2.24, 2.45) is 0 Å². The number of benzene rings is 3. The summed E-state index contributed by atoms with van der Waals surface area (Å²) < 4.78 is 28.4. The van der Waals surface area contributed by atoms with Crippen molar-refractivity contribution >= 4 is 35.1 Å². The van der Waals surface area contributed by atoms with Crippen LogP contribution in [-0.4, -0.2) is 20.8 Å². The van der Waals surface area contributed by atoms with Crippen LogP contribution in [-0.2, 0) is 12.3 Å². The van der Waals surface area contributed by atoms with Crippen molar-refractivity contribution in [1.82, 2.24) is 20.1 Å². The minimum absolute atomic E-state index is 0.0420. The van der Waals surface area contributed by atoms with E-state index in [0.717, 1.165) is 28.9 Å². The molecule has 3 aromatic carbocycles. The lowest BCUT2D eigenvalue weighted by Gasteiger charge is -2.14. The number of carbonyl (C=O) groups excluding carboxylic acids is 1. The summed E-state index contributed by atoms with van der Waals surface area (Å²) in [5, 5.41) is 15.0. The fourth-order valence-electron chi connectivity index (χ4n) is 3.20. The fourth-order valence-corrected chi connectivity index (χ4v) is 4.29. The zero-order valence-corrected chi connectivity index (χ0v) is 19.6. The highest BCUT2D eigenvalue weighted by Gasteiger charge is 2.17. The highest BCUT2D eigenvalue weighted by molar-refractivity contribution is 7.98. The molecule has 0 unspecified atom stereocenters. The first-order chi connectivity index (χ1) is 16.4. The molecule has 10 heteroatoms. The van der Waals surface area contributed by atoms with E-state index in [4.69, 9.17) is 11.6 Å². The molecule has 34 heavy (non-hydrogen) atoms. The average molecular weight is 500 g/mol. The molecule has 6 nitrogen and oxygen atoms in total. The number of aryl methyl sites for hydroxylation is 1. The summed E-state index contributed by atoms with van der Waals surface area (Å²) in [5.41, 5.74) is 3.02. The quantitative estimate of drug-likeness (QED) is 0.300. The molecule has 2 N–H and O–H groups in total. The smallest absolute Gasteiger partial charge is 0.319 e. The molecule has 0 atom stereocenters. The van der Waals surface area contributed by atoms with Gasteiger partial charge in [0, 0.05) is 22.5 Å². The number of aromatic nitrogens is 3. The number of amides is 2. The Labute approximate surface area is 204 Å². The third kappa shape index (κ3) is 5.73. The second kappa shape index (κ2) is 10.7. The van der Waals surface area contributed by atoms with Crippen LogP contribution in [0.4, 0.5) is 19.3 Å². The first kappa shape index (κ1) is 23.7. The van der Waals surface area contributed by atoms with Gasteiger partial charge >= 0.3 is 6.03 Å². The molecule has 0 saturated heterocycles. The highest BCUT2D eigenvalue weighted by Crippen LogP contribution is 2.28. The largest absolute Gasteiger partial charge is 0.331 e. The average Bonchev–Trinajstić information content (AvgIpc) is 3.23. The molecular weight excluding hydrogens is 480 g/mol. The van der Waals surface area contributed by atoms with Crippen LogP contribution in [0.2, 0.25) is 5.02 Å². The lowest BCUT2D eigenvalue weighted by atomic mass is 10.2. The van der Waals surface area contributed by atoms with Crippen LogP contribution < -0.4 is 10.6 Å². The Morgan fingerprint density at radius 3 is 2.59 bits per heavy atom. The van der Waals surface area contributed by atoms with E-state index >= 15 is 0 Å². The predicted molar refractivity (Wildman–Crippen MR) is 129 cm³/mol. The molecule has 174 valence electrons. The Morgan fingerprint density at radius 2 is 1.82 bits per heavy atom. The summed E-state index contributed by atoms with van der Waals surface area (Å²) in [5.74, 6) is -0.866. The van der Waals surface area contributed by atoms with Crippen molar-refractivity contribution in [1.29, 1.82) is 0 Å². The summed E-state index contributed by atoms with van der Waals surface area (Å²) in [4.78, 5) is 12.3. The van der Waals surface area contributed by atoms with Crippen LogP contribution in [0.5, 0.6) is 0 Å². The Bertz CT molecular complexity index is 1320. The maximum Gasteiger partial charge on any atom is 0.319 e. The van der Waals surface area contributed by atoms with Crippen LogP contribution >= 0.6 is 23.4 Å². The van der Waals surface area contributed by atoms with Gasteiger partial charge in [0.1, 0.15) is 0 Å². The number of anilines is 1. The number of rotatable bonds is 7. The number of nitrogens with zero attached hydrogens (tertiary/aromatic N) is 3. The number of carbonyl (C=O) groups is 1. The molecule has 1 aromatic heterocycles. The van der Waals surface area contributed by atoms with E-state index in [1.807, 2.05) is 54.0 Å². The molecule has 0 aliphatic carbocycles. The fraction of sp³-hybridized carbons (Fsp3) is 0.125. The topological polar surface area (TPSA) is 71.8 Å². The third-order valence-corrected chi connectivity index (χ3v) is 6.14. The van der Waals surface area contributed by atoms with E-state index in [9.17, 15) is 13.6 Å². The summed E-state index contributed by atoms with van der Waals surface area (Å²) >= 11 is 7.77. The molecule has 0 radical (unpaired) electrons. The van der Waals surface area contributed by atoms with Crippen molar-refractivity contribution in [3.05, 3.63) is 100 Å². The summed E-state index contributed by atoms with van der Waals surface area (Å²) in [6.07, 6.45) is 0. The van der Waals surface area contributed by atoms with Gasteiger partial charge in [-0.05, 0) is 42.3 Å². The monoisotopic (exact) mass is 499 g/mol. The first-order valence-corrected chi connectivity index (χ1v) is 11.6. The normalized spacial score (nSPS) is 10.8. The number of urea groups is 1. The molecule has 0 aliphatic rings. The second-order valence-electron chi connectivity index (χ2n) is 7.38. The Hall–Kier alpha value is -3.43. The molecule has 0 spiro atoms. The zero-order valence-electron chi connectivity index (χ0n) is 18.1. The van der Waals surface area contributed by atoms with Crippen molar-refractivity contribution in [3.8, 4) is 5.69 Å². The molecular formula is C24H20ClF2N5OS. The predicted octanol–water partition coefficient (Wildman–Crippen LogP) is 6.12. The highest BCUT2D eigenvalue weighted by atomic mass is 35.5. The maximum atomic E-state index is 13.4. The maximum absolute atomic E-state index is 13.4. The van der Waals surface area contributed by atoms with Crippen molar-refractivity contribution in [2.45, 2.75) is 24.4 Å². The first-order valence-electron chi connectivity index (χ1n) is 10.3. The molecule has 2 amide bonds. The second-order valence-corrected chi connectivity index (χ2v) is 8.75. The number of halogens is 3. The Balaban J connectivity index is 1.55. The molecule has 0 fully saturated rings. The zero-order chi connectivity index (χ0) is 24.1. The number of nitrogens with one attached hydrogen (secondary N) is 2. The number of thioether (sulfide) groups is 1. The molecule has 4 rings (SSSR count). The van der Waals surface area contributed by atoms with Crippen LogP contribution in [0, 0.1) is 18.6 Å². The lowest BCUT2D eigenvalue weighted by Crippen LogP contribution is -2.29. The van der Waals surface area contributed by atoms with Gasteiger partial charge in [0.15, 0.2) is 22.6 Å². The molecule has 0 aliphatic heterocycles. The van der Waals surface area contributed by atoms with Gasteiger partial charge in [0.05, 0.1) is 12.2 Å². The minimum Gasteiger partial charge on any atom is -0.331 e. The van der Waals surface area contributed by atoms with Gasteiger partial charge in [0.25, 0.3) is 0 Å². The Kier molecular flexibility index (Phi) is 7.44. The van der Waals surface area contributed by atoms with Crippen molar-refractivity contribution in [3.63, 3.8) is 0 Å². The molecule has 1 heterocycles. The van der Waals surface area contributed by atoms with Gasteiger partial charge < -0.3 is 10.6 Å². The summed E-state index contributed by atoms with van der Waals surface area (Å²) in [7, 11) is 0. The Morgan fingerprint density at radius 1 is 1.03 bits per heavy atom. The van der Waals surface area contributed by atoms with E-state index in [1.165, 1.54) is 17.8 Å². The van der Waals surface area contributed by atoms with Gasteiger partial charge in [-0.2, -0.15) is 0 Å². The standard InChI is InChI=1S/C24H20ClF2N5OS/c1-15-7-8-17(25)11-21(15)32-22(30-31-24(32)34-14-16-5-3-2-4-6-16)13-28-23(33)29-18-9-10-19(26)20(27)12-18/h2-12H,13-14H2,1H3,(H2,28,29,33). The van der Waals surface area contributed by atoms with Gasteiger partial charge in [0.2, 0.25) is 0 Å². The van der Waals surface area contributed by atoms with E-state index in [0.29, 0.717) is 21.8 Å². The molecule has 0 bridgehead atoms.